The minimum atomic E-state index is -5.84. The number of alkyl halides is 7. The van der Waals surface area contributed by atoms with E-state index in [0.29, 0.717) is 0 Å². The van der Waals surface area contributed by atoms with Crippen LogP contribution in [0, 0.1) is 0 Å². The van der Waals surface area contributed by atoms with Gasteiger partial charge >= 0.3 is 17.8 Å². The average Bonchev–Trinajstić information content (AvgIpc) is 2.59. The summed E-state index contributed by atoms with van der Waals surface area (Å²) in [4.78, 5) is 0. The molecule has 1 aliphatic carbocycles. The van der Waals surface area contributed by atoms with Crippen LogP contribution in [0.25, 0.3) is 11.1 Å². The Kier molecular flexibility index (Phi) is 3.95. The Morgan fingerprint density at radius 3 is 1.27 bits per heavy atom. The third-order valence-electron chi connectivity index (χ3n) is 4.31. The minimum Gasteiger partial charge on any atom is -0.288 e. The molecule has 1 nitrogen and oxygen atoms in total. The van der Waals surface area contributed by atoms with Crippen molar-refractivity contribution in [3.8, 4) is 0 Å². The maximum absolute atomic E-state index is 14.7. The van der Waals surface area contributed by atoms with Crippen molar-refractivity contribution in [2.24, 2.45) is 5.73 Å². The van der Waals surface area contributed by atoms with Gasteiger partial charge in [0.25, 0.3) is 5.79 Å². The summed E-state index contributed by atoms with van der Waals surface area (Å²) in [5.41, 5.74) is 0.171. The second kappa shape index (κ2) is 5.57. The first kappa shape index (κ1) is 18.4. The van der Waals surface area contributed by atoms with Crippen LogP contribution in [-0.2, 0) is 0 Å². The van der Waals surface area contributed by atoms with Crippen LogP contribution < -0.4 is 5.73 Å². The van der Waals surface area contributed by atoms with Crippen molar-refractivity contribution < 1.29 is 30.7 Å². The molecular formula is C18H12F7N. The molecular weight excluding hydrogens is 363 g/mol. The summed E-state index contributed by atoms with van der Waals surface area (Å²) < 4.78 is 101. The summed E-state index contributed by atoms with van der Waals surface area (Å²) in [7, 11) is 0. The van der Waals surface area contributed by atoms with Gasteiger partial charge in [0, 0.05) is 11.1 Å². The number of halogens is 7. The first-order valence-electron chi connectivity index (χ1n) is 7.43. The molecule has 138 valence electrons. The van der Waals surface area contributed by atoms with E-state index in [9.17, 15) is 30.7 Å². The zero-order valence-electron chi connectivity index (χ0n) is 13.0. The number of rotatable bonds is 2. The minimum absolute atomic E-state index is 0.529. The molecule has 1 aliphatic rings. The van der Waals surface area contributed by atoms with Crippen LogP contribution in [0.2, 0.25) is 0 Å². The molecule has 26 heavy (non-hydrogen) atoms. The molecule has 0 aliphatic heterocycles. The second-order valence-electron chi connectivity index (χ2n) is 5.92. The lowest BCUT2D eigenvalue weighted by molar-refractivity contribution is -0.296. The standard InChI is InChI=1S/C18H12F7N/c19-15(20)13(11-7-3-1-4-8-11)14(12-9-5-2-6-10-12)16(21,22)18(25,26)17(15,23)24/h1-10H,26H2. The first-order chi connectivity index (χ1) is 12.0. The zero-order chi connectivity index (χ0) is 19.4. The van der Waals surface area contributed by atoms with Crippen molar-refractivity contribution in [2.75, 3.05) is 0 Å². The van der Waals surface area contributed by atoms with Crippen molar-refractivity contribution in [1.29, 1.82) is 0 Å². The van der Waals surface area contributed by atoms with Crippen LogP contribution in [0.5, 0.6) is 0 Å². The van der Waals surface area contributed by atoms with E-state index in [0.717, 1.165) is 24.3 Å². The van der Waals surface area contributed by atoms with Crippen molar-refractivity contribution >= 4 is 11.1 Å². The Balaban J connectivity index is 2.50. The Morgan fingerprint density at radius 1 is 0.538 bits per heavy atom. The lowest BCUT2D eigenvalue weighted by Gasteiger charge is -2.46. The molecule has 1 unspecified atom stereocenters. The van der Waals surface area contributed by atoms with Gasteiger partial charge in [-0.15, -0.1) is 0 Å². The van der Waals surface area contributed by atoms with Crippen LogP contribution in [-0.4, -0.2) is 23.6 Å². The van der Waals surface area contributed by atoms with Gasteiger partial charge in [-0.3, -0.25) is 5.73 Å². The van der Waals surface area contributed by atoms with Gasteiger partial charge < -0.3 is 0 Å². The lowest BCUT2D eigenvalue weighted by Crippen LogP contribution is -2.72. The summed E-state index contributed by atoms with van der Waals surface area (Å²) in [6.45, 7) is 0. The van der Waals surface area contributed by atoms with Crippen molar-refractivity contribution in [3.63, 3.8) is 0 Å². The summed E-state index contributed by atoms with van der Waals surface area (Å²) in [6.07, 6.45) is 0. The fourth-order valence-corrected chi connectivity index (χ4v) is 2.94. The van der Waals surface area contributed by atoms with Crippen LogP contribution in [0.4, 0.5) is 30.7 Å². The summed E-state index contributed by atoms with van der Waals surface area (Å²) in [6, 6.07) is 11.7. The number of hydrogen-bond donors (Lipinski definition) is 1. The number of hydrogen-bond acceptors (Lipinski definition) is 1. The van der Waals surface area contributed by atoms with Gasteiger partial charge in [-0.25, -0.2) is 4.39 Å². The van der Waals surface area contributed by atoms with Crippen molar-refractivity contribution in [2.45, 2.75) is 23.6 Å². The summed E-state index contributed by atoms with van der Waals surface area (Å²) in [5, 5.41) is 0. The Hall–Kier alpha value is -2.35. The Bertz CT molecular complexity index is 771. The molecule has 3 rings (SSSR count). The summed E-state index contributed by atoms with van der Waals surface area (Å²) >= 11 is 0. The smallest absolute Gasteiger partial charge is 0.288 e. The molecule has 0 saturated heterocycles. The van der Waals surface area contributed by atoms with Gasteiger partial charge in [0.2, 0.25) is 0 Å². The molecule has 0 saturated carbocycles. The Morgan fingerprint density at radius 2 is 0.885 bits per heavy atom. The number of allylic oxidation sites excluding steroid dienone is 1. The van der Waals surface area contributed by atoms with Gasteiger partial charge in [0.15, 0.2) is 0 Å². The monoisotopic (exact) mass is 375 g/mol. The van der Waals surface area contributed by atoms with Gasteiger partial charge in [-0.1, -0.05) is 60.7 Å². The third-order valence-corrected chi connectivity index (χ3v) is 4.31. The molecule has 0 heterocycles. The molecule has 1 atom stereocenters. The van der Waals surface area contributed by atoms with E-state index in [1.165, 1.54) is 36.4 Å². The highest BCUT2D eigenvalue weighted by molar-refractivity contribution is 5.99. The van der Waals surface area contributed by atoms with Crippen LogP contribution in [0.15, 0.2) is 60.7 Å². The number of benzene rings is 2. The lowest BCUT2D eigenvalue weighted by atomic mass is 9.73. The van der Waals surface area contributed by atoms with E-state index in [1.54, 1.807) is 0 Å². The molecule has 8 heteroatoms. The van der Waals surface area contributed by atoms with Crippen molar-refractivity contribution in [3.05, 3.63) is 71.8 Å². The normalized spacial score (nSPS) is 26.6. The molecule has 0 bridgehead atoms. The van der Waals surface area contributed by atoms with E-state index in [1.807, 2.05) is 0 Å². The predicted octanol–water partition coefficient (Wildman–Crippen LogP) is 5.14. The van der Waals surface area contributed by atoms with E-state index < -0.39 is 45.8 Å². The predicted molar refractivity (Wildman–Crippen MR) is 82.6 cm³/mol. The fraction of sp³-hybridized carbons (Fsp3) is 0.222. The topological polar surface area (TPSA) is 26.0 Å². The van der Waals surface area contributed by atoms with Gasteiger partial charge in [0.1, 0.15) is 0 Å². The molecule has 0 radical (unpaired) electrons. The molecule has 2 aromatic rings. The quantitative estimate of drug-likeness (QED) is 0.571. The number of nitrogens with two attached hydrogens (primary N) is 1. The Labute approximate surface area is 143 Å². The van der Waals surface area contributed by atoms with Crippen molar-refractivity contribution in [1.82, 2.24) is 0 Å². The van der Waals surface area contributed by atoms with Gasteiger partial charge in [-0.2, -0.15) is 26.3 Å². The highest BCUT2D eigenvalue weighted by Gasteiger charge is 2.83. The maximum atomic E-state index is 14.7. The van der Waals surface area contributed by atoms with E-state index in [-0.39, 0.29) is 0 Å². The maximum Gasteiger partial charge on any atom is 0.367 e. The van der Waals surface area contributed by atoms with Gasteiger partial charge in [-0.05, 0) is 11.1 Å². The highest BCUT2D eigenvalue weighted by atomic mass is 19.3. The van der Waals surface area contributed by atoms with Gasteiger partial charge in [0.05, 0.1) is 0 Å². The van der Waals surface area contributed by atoms with E-state index in [4.69, 9.17) is 0 Å². The molecule has 2 aromatic carbocycles. The average molecular weight is 375 g/mol. The second-order valence-corrected chi connectivity index (χ2v) is 5.92. The first-order valence-corrected chi connectivity index (χ1v) is 7.43. The highest BCUT2D eigenvalue weighted by Crippen LogP contribution is 2.63. The zero-order valence-corrected chi connectivity index (χ0v) is 13.0. The van der Waals surface area contributed by atoms with E-state index in [2.05, 4.69) is 5.73 Å². The molecule has 0 aromatic heterocycles. The molecule has 0 amide bonds. The SMILES string of the molecule is NC1(F)C(F)(F)C(c2ccccc2)=C(c2ccccc2)C(F)(F)C1(F)F. The molecule has 0 fully saturated rings. The van der Waals surface area contributed by atoms with Crippen LogP contribution in [0.1, 0.15) is 11.1 Å². The van der Waals surface area contributed by atoms with E-state index >= 15 is 0 Å². The molecule has 2 N–H and O–H groups in total. The largest absolute Gasteiger partial charge is 0.367 e. The summed E-state index contributed by atoms with van der Waals surface area (Å²) in [5.74, 6) is -21.5. The fourth-order valence-electron chi connectivity index (χ4n) is 2.94. The van der Waals surface area contributed by atoms with Crippen LogP contribution in [0.3, 0.4) is 0 Å². The van der Waals surface area contributed by atoms with Crippen LogP contribution >= 0.6 is 0 Å². The molecule has 0 spiro atoms. The third kappa shape index (κ3) is 2.21.